The quantitative estimate of drug-likeness (QED) is 0.839. The van der Waals surface area contributed by atoms with Gasteiger partial charge in [0.15, 0.2) is 0 Å². The lowest BCUT2D eigenvalue weighted by atomic mass is 9.84. The van der Waals surface area contributed by atoms with E-state index in [-0.39, 0.29) is 18.3 Å². The average molecular weight is 275 g/mol. The zero-order chi connectivity index (χ0) is 12.3. The van der Waals surface area contributed by atoms with Crippen LogP contribution in [0.4, 0.5) is 0 Å². The molecule has 2 rings (SSSR count). The molecule has 0 radical (unpaired) electrons. The molecule has 2 aliphatic rings. The van der Waals surface area contributed by atoms with E-state index in [1.54, 1.807) is 0 Å². The number of hydrogen-bond acceptors (Lipinski definition) is 2. The highest BCUT2D eigenvalue weighted by molar-refractivity contribution is 5.85. The van der Waals surface area contributed by atoms with Crippen molar-refractivity contribution in [1.82, 2.24) is 10.2 Å². The summed E-state index contributed by atoms with van der Waals surface area (Å²) in [4.78, 5) is 14.5. The van der Waals surface area contributed by atoms with Crippen molar-refractivity contribution < 1.29 is 4.79 Å². The first-order valence-corrected chi connectivity index (χ1v) is 7.17. The normalized spacial score (nSPS) is 32.4. The topological polar surface area (TPSA) is 32.3 Å². The van der Waals surface area contributed by atoms with Crippen LogP contribution in [0.25, 0.3) is 0 Å². The molecule has 1 amide bonds. The van der Waals surface area contributed by atoms with Gasteiger partial charge in [-0.05, 0) is 38.1 Å². The number of amides is 1. The zero-order valence-corrected chi connectivity index (χ0v) is 12.5. The predicted molar refractivity (Wildman–Crippen MR) is 77.0 cm³/mol. The van der Waals surface area contributed by atoms with Crippen LogP contribution in [0.2, 0.25) is 0 Å². The smallest absolute Gasteiger partial charge is 0.226 e. The minimum atomic E-state index is 0. The Kier molecular flexibility index (Phi) is 6.44. The van der Waals surface area contributed by atoms with Crippen LogP contribution in [0.15, 0.2) is 0 Å². The van der Waals surface area contributed by atoms with Gasteiger partial charge in [0.2, 0.25) is 5.91 Å². The Morgan fingerprint density at radius 3 is 2.50 bits per heavy atom. The highest BCUT2D eigenvalue weighted by Gasteiger charge is 2.31. The third kappa shape index (κ3) is 3.61. The molecule has 1 aliphatic heterocycles. The van der Waals surface area contributed by atoms with E-state index in [4.69, 9.17) is 0 Å². The Labute approximate surface area is 117 Å². The van der Waals surface area contributed by atoms with Gasteiger partial charge in [0, 0.05) is 19.6 Å². The van der Waals surface area contributed by atoms with Crippen LogP contribution in [0.5, 0.6) is 0 Å². The molecule has 0 spiro atoms. The van der Waals surface area contributed by atoms with Crippen molar-refractivity contribution in [2.24, 2.45) is 11.8 Å². The minimum Gasteiger partial charge on any atom is -0.342 e. The molecule has 1 saturated heterocycles. The molecule has 0 aromatic heterocycles. The zero-order valence-electron chi connectivity index (χ0n) is 11.7. The molecular weight excluding hydrogens is 248 g/mol. The van der Waals surface area contributed by atoms with E-state index in [9.17, 15) is 4.79 Å². The van der Waals surface area contributed by atoms with Gasteiger partial charge in [0.1, 0.15) is 0 Å². The second kappa shape index (κ2) is 7.34. The van der Waals surface area contributed by atoms with E-state index < -0.39 is 0 Å². The summed E-state index contributed by atoms with van der Waals surface area (Å²) in [6, 6.07) is 0.484. The standard InChI is InChI=1S/C14H26N2O.ClH/c1-11-6-3-4-8-13(11)16(2)14(17)12-7-5-9-15-10-12;/h11-13,15H,3-10H2,1-2H3;1H/t11?,12-,13?;/m1./s1. The van der Waals surface area contributed by atoms with Crippen molar-refractivity contribution in [3.8, 4) is 0 Å². The summed E-state index contributed by atoms with van der Waals surface area (Å²) in [5.41, 5.74) is 0. The monoisotopic (exact) mass is 274 g/mol. The van der Waals surface area contributed by atoms with Crippen LogP contribution in [-0.4, -0.2) is 37.0 Å². The number of piperidine rings is 1. The van der Waals surface area contributed by atoms with Crippen molar-refractivity contribution in [1.29, 1.82) is 0 Å². The van der Waals surface area contributed by atoms with Crippen LogP contribution in [0.3, 0.4) is 0 Å². The molecule has 1 aliphatic carbocycles. The SMILES string of the molecule is CC1CCCCC1N(C)C(=O)[C@@H]1CCCNC1.Cl. The molecule has 106 valence electrons. The molecule has 1 N–H and O–H groups in total. The van der Waals surface area contributed by atoms with Crippen molar-refractivity contribution in [3.05, 3.63) is 0 Å². The van der Waals surface area contributed by atoms with Gasteiger partial charge in [-0.15, -0.1) is 12.4 Å². The number of rotatable bonds is 2. The van der Waals surface area contributed by atoms with Gasteiger partial charge < -0.3 is 10.2 Å². The Bertz CT molecular complexity index is 267. The Morgan fingerprint density at radius 1 is 1.17 bits per heavy atom. The fraction of sp³-hybridized carbons (Fsp3) is 0.929. The van der Waals surface area contributed by atoms with Gasteiger partial charge in [-0.2, -0.15) is 0 Å². The largest absolute Gasteiger partial charge is 0.342 e. The molecule has 3 atom stereocenters. The van der Waals surface area contributed by atoms with E-state index in [1.807, 2.05) is 7.05 Å². The van der Waals surface area contributed by atoms with E-state index in [1.165, 1.54) is 25.7 Å². The highest BCUT2D eigenvalue weighted by Crippen LogP contribution is 2.28. The number of nitrogens with one attached hydrogen (secondary N) is 1. The van der Waals surface area contributed by atoms with Gasteiger partial charge in [0.25, 0.3) is 0 Å². The Morgan fingerprint density at radius 2 is 1.89 bits per heavy atom. The first-order valence-electron chi connectivity index (χ1n) is 7.17. The van der Waals surface area contributed by atoms with Crippen molar-refractivity contribution in [3.63, 3.8) is 0 Å². The highest BCUT2D eigenvalue weighted by atomic mass is 35.5. The summed E-state index contributed by atoms with van der Waals surface area (Å²) < 4.78 is 0. The van der Waals surface area contributed by atoms with E-state index in [0.717, 1.165) is 25.9 Å². The van der Waals surface area contributed by atoms with Crippen LogP contribution in [0, 0.1) is 11.8 Å². The van der Waals surface area contributed by atoms with Crippen LogP contribution < -0.4 is 5.32 Å². The van der Waals surface area contributed by atoms with Crippen molar-refractivity contribution >= 4 is 18.3 Å². The molecule has 0 bridgehead atoms. The molecule has 0 aromatic carbocycles. The molecule has 4 heteroatoms. The summed E-state index contributed by atoms with van der Waals surface area (Å²) in [5.74, 6) is 1.27. The fourth-order valence-electron chi connectivity index (χ4n) is 3.39. The van der Waals surface area contributed by atoms with E-state index in [0.29, 0.717) is 17.9 Å². The third-order valence-electron chi connectivity index (χ3n) is 4.56. The van der Waals surface area contributed by atoms with Gasteiger partial charge in [-0.25, -0.2) is 0 Å². The summed E-state index contributed by atoms with van der Waals surface area (Å²) in [6.07, 6.45) is 7.32. The lowest BCUT2D eigenvalue weighted by molar-refractivity contribution is -0.138. The van der Waals surface area contributed by atoms with Crippen LogP contribution >= 0.6 is 12.4 Å². The molecular formula is C14H27ClN2O. The number of nitrogens with zero attached hydrogens (tertiary/aromatic N) is 1. The van der Waals surface area contributed by atoms with Crippen molar-refractivity contribution in [2.45, 2.75) is 51.5 Å². The lowest BCUT2D eigenvalue weighted by Crippen LogP contribution is -2.48. The maximum atomic E-state index is 12.4. The summed E-state index contributed by atoms with van der Waals surface area (Å²) in [5, 5.41) is 3.34. The first-order chi connectivity index (χ1) is 8.20. The summed E-state index contributed by atoms with van der Waals surface area (Å²) in [7, 11) is 2.02. The number of halogens is 1. The fourth-order valence-corrected chi connectivity index (χ4v) is 3.39. The molecule has 3 nitrogen and oxygen atoms in total. The Balaban J connectivity index is 0.00000162. The molecule has 2 unspecified atom stereocenters. The molecule has 1 saturated carbocycles. The lowest BCUT2D eigenvalue weighted by Gasteiger charge is -2.38. The van der Waals surface area contributed by atoms with Crippen LogP contribution in [-0.2, 0) is 4.79 Å². The van der Waals surface area contributed by atoms with Crippen molar-refractivity contribution in [2.75, 3.05) is 20.1 Å². The van der Waals surface area contributed by atoms with E-state index >= 15 is 0 Å². The maximum Gasteiger partial charge on any atom is 0.226 e. The summed E-state index contributed by atoms with van der Waals surface area (Å²) in [6.45, 7) is 4.25. The second-order valence-corrected chi connectivity index (χ2v) is 5.82. The molecule has 0 aromatic rings. The number of carbonyl (C=O) groups is 1. The van der Waals surface area contributed by atoms with Gasteiger partial charge in [-0.3, -0.25) is 4.79 Å². The predicted octanol–water partition coefficient (Wildman–Crippen LogP) is 2.44. The Hall–Kier alpha value is -0.280. The third-order valence-corrected chi connectivity index (χ3v) is 4.56. The van der Waals surface area contributed by atoms with Gasteiger partial charge in [0.05, 0.1) is 5.92 Å². The second-order valence-electron chi connectivity index (χ2n) is 5.82. The number of carbonyl (C=O) groups excluding carboxylic acids is 1. The minimum absolute atomic E-state index is 0. The van der Waals surface area contributed by atoms with Gasteiger partial charge >= 0.3 is 0 Å². The first kappa shape index (κ1) is 15.8. The van der Waals surface area contributed by atoms with Gasteiger partial charge in [-0.1, -0.05) is 19.8 Å². The van der Waals surface area contributed by atoms with Crippen LogP contribution in [0.1, 0.15) is 45.4 Å². The average Bonchev–Trinajstić information content (AvgIpc) is 2.39. The molecule has 1 heterocycles. The maximum absolute atomic E-state index is 12.4. The molecule has 2 fully saturated rings. The summed E-state index contributed by atoms with van der Waals surface area (Å²) >= 11 is 0. The molecule has 18 heavy (non-hydrogen) atoms. The van der Waals surface area contributed by atoms with E-state index in [2.05, 4.69) is 17.1 Å². The number of hydrogen-bond donors (Lipinski definition) is 1.